The smallest absolute Gasteiger partial charge is 0.457 e. The van der Waals surface area contributed by atoms with Crippen LogP contribution in [0.4, 0.5) is 13.2 Å². The van der Waals surface area contributed by atoms with Gasteiger partial charge in [-0.15, -0.1) is 13.2 Å². The summed E-state index contributed by atoms with van der Waals surface area (Å²) in [4.78, 5) is 12.1. The Balaban J connectivity index is 2.19. The SMILES string of the molecule is CCc1ccc(OC(F)(F)F)c(C(=O)OCc2ccccc2)c1. The fraction of sp³-hybridized carbons (Fsp3) is 0.235. The number of halogens is 3. The van der Waals surface area contributed by atoms with Gasteiger partial charge in [-0.3, -0.25) is 0 Å². The molecule has 0 aliphatic rings. The van der Waals surface area contributed by atoms with Crippen LogP contribution in [0.5, 0.6) is 5.75 Å². The van der Waals surface area contributed by atoms with Crippen LogP contribution in [0.25, 0.3) is 0 Å². The van der Waals surface area contributed by atoms with Crippen molar-refractivity contribution in [1.82, 2.24) is 0 Å². The molecule has 2 aromatic carbocycles. The molecule has 0 unspecified atom stereocenters. The summed E-state index contributed by atoms with van der Waals surface area (Å²) < 4.78 is 46.3. The van der Waals surface area contributed by atoms with Crippen LogP contribution in [0.1, 0.15) is 28.4 Å². The van der Waals surface area contributed by atoms with Gasteiger partial charge < -0.3 is 9.47 Å². The van der Waals surface area contributed by atoms with Crippen molar-refractivity contribution >= 4 is 5.97 Å². The molecule has 0 N–H and O–H groups in total. The first-order valence-electron chi connectivity index (χ1n) is 6.99. The van der Waals surface area contributed by atoms with Gasteiger partial charge >= 0.3 is 12.3 Å². The Morgan fingerprint density at radius 1 is 1.04 bits per heavy atom. The second kappa shape index (κ2) is 7.17. The summed E-state index contributed by atoms with van der Waals surface area (Å²) in [5, 5.41) is 0. The van der Waals surface area contributed by atoms with Crippen molar-refractivity contribution in [2.24, 2.45) is 0 Å². The van der Waals surface area contributed by atoms with Gasteiger partial charge in [-0.1, -0.05) is 43.3 Å². The average molecular weight is 324 g/mol. The highest BCUT2D eigenvalue weighted by atomic mass is 19.4. The molecule has 0 spiro atoms. The second-order valence-corrected chi connectivity index (χ2v) is 4.79. The zero-order valence-corrected chi connectivity index (χ0v) is 12.4. The number of rotatable bonds is 5. The van der Waals surface area contributed by atoms with Crippen LogP contribution in [0, 0.1) is 0 Å². The summed E-state index contributed by atoms with van der Waals surface area (Å²) in [5.41, 5.74) is 1.22. The van der Waals surface area contributed by atoms with Gasteiger partial charge in [0.2, 0.25) is 0 Å². The van der Waals surface area contributed by atoms with Gasteiger partial charge in [0.15, 0.2) is 0 Å². The lowest BCUT2D eigenvalue weighted by molar-refractivity contribution is -0.274. The predicted octanol–water partition coefficient (Wildman–Crippen LogP) is 4.50. The Morgan fingerprint density at radius 2 is 1.74 bits per heavy atom. The molecule has 0 bridgehead atoms. The Labute approximate surface area is 131 Å². The largest absolute Gasteiger partial charge is 0.573 e. The Kier molecular flexibility index (Phi) is 5.26. The van der Waals surface area contributed by atoms with E-state index in [1.165, 1.54) is 12.1 Å². The van der Waals surface area contributed by atoms with Crippen molar-refractivity contribution in [3.8, 4) is 5.75 Å². The molecule has 0 fully saturated rings. The van der Waals surface area contributed by atoms with Crippen LogP contribution in [0.3, 0.4) is 0 Å². The number of carbonyl (C=O) groups is 1. The van der Waals surface area contributed by atoms with Crippen LogP contribution in [-0.4, -0.2) is 12.3 Å². The molecule has 0 aliphatic carbocycles. The van der Waals surface area contributed by atoms with E-state index in [2.05, 4.69) is 4.74 Å². The molecule has 0 heterocycles. The molecule has 0 saturated carbocycles. The number of benzene rings is 2. The van der Waals surface area contributed by atoms with Gasteiger partial charge in [-0.05, 0) is 29.7 Å². The second-order valence-electron chi connectivity index (χ2n) is 4.79. The maximum Gasteiger partial charge on any atom is 0.573 e. The van der Waals surface area contributed by atoms with Gasteiger partial charge in [0.25, 0.3) is 0 Å². The van der Waals surface area contributed by atoms with E-state index in [0.717, 1.165) is 11.6 Å². The van der Waals surface area contributed by atoms with Crippen molar-refractivity contribution in [1.29, 1.82) is 0 Å². The van der Waals surface area contributed by atoms with Crippen LogP contribution >= 0.6 is 0 Å². The highest BCUT2D eigenvalue weighted by molar-refractivity contribution is 5.92. The Hall–Kier alpha value is -2.50. The van der Waals surface area contributed by atoms with Crippen molar-refractivity contribution in [3.05, 3.63) is 65.2 Å². The quantitative estimate of drug-likeness (QED) is 0.759. The predicted molar refractivity (Wildman–Crippen MR) is 78.1 cm³/mol. The third-order valence-electron chi connectivity index (χ3n) is 3.11. The van der Waals surface area contributed by atoms with Crippen LogP contribution < -0.4 is 4.74 Å². The number of ether oxygens (including phenoxy) is 2. The summed E-state index contributed by atoms with van der Waals surface area (Å²) in [6.45, 7) is 1.81. The molecule has 0 aromatic heterocycles. The number of carbonyl (C=O) groups excluding carboxylic acids is 1. The third kappa shape index (κ3) is 5.02. The fourth-order valence-corrected chi connectivity index (χ4v) is 1.97. The normalized spacial score (nSPS) is 11.1. The lowest BCUT2D eigenvalue weighted by Gasteiger charge is -2.14. The van der Waals surface area contributed by atoms with E-state index in [0.29, 0.717) is 12.0 Å². The Morgan fingerprint density at radius 3 is 2.35 bits per heavy atom. The minimum atomic E-state index is -4.87. The molecule has 2 rings (SSSR count). The molecule has 0 aliphatic heterocycles. The molecular weight excluding hydrogens is 309 g/mol. The molecule has 3 nitrogen and oxygen atoms in total. The van der Waals surface area contributed by atoms with Gasteiger partial charge in [-0.2, -0.15) is 0 Å². The monoisotopic (exact) mass is 324 g/mol. The zero-order valence-electron chi connectivity index (χ0n) is 12.4. The van der Waals surface area contributed by atoms with Crippen LogP contribution in [0.2, 0.25) is 0 Å². The molecule has 0 radical (unpaired) electrons. The van der Waals surface area contributed by atoms with E-state index in [4.69, 9.17) is 4.74 Å². The summed E-state index contributed by atoms with van der Waals surface area (Å²) in [5.74, 6) is -1.42. The number of hydrogen-bond acceptors (Lipinski definition) is 3. The maximum absolute atomic E-state index is 12.4. The number of alkyl halides is 3. The maximum atomic E-state index is 12.4. The van der Waals surface area contributed by atoms with Crippen molar-refractivity contribution in [3.63, 3.8) is 0 Å². The standard InChI is InChI=1S/C17H15F3O3/c1-2-12-8-9-15(23-17(18,19)20)14(10-12)16(21)22-11-13-6-4-3-5-7-13/h3-10H,2,11H2,1H3. The number of hydrogen-bond donors (Lipinski definition) is 0. The van der Waals surface area contributed by atoms with Crippen molar-refractivity contribution in [2.75, 3.05) is 0 Å². The summed E-state index contributed by atoms with van der Waals surface area (Å²) in [7, 11) is 0. The molecule has 6 heteroatoms. The molecule has 23 heavy (non-hydrogen) atoms. The highest BCUT2D eigenvalue weighted by Crippen LogP contribution is 2.28. The number of aryl methyl sites for hydroxylation is 1. The number of esters is 1. The van der Waals surface area contributed by atoms with Crippen LogP contribution in [0.15, 0.2) is 48.5 Å². The summed E-state index contributed by atoms with van der Waals surface area (Å²) >= 11 is 0. The summed E-state index contributed by atoms with van der Waals surface area (Å²) in [6, 6.07) is 12.8. The molecule has 122 valence electrons. The first kappa shape index (κ1) is 16.9. The Bertz CT molecular complexity index is 667. The van der Waals surface area contributed by atoms with E-state index in [-0.39, 0.29) is 12.2 Å². The van der Waals surface area contributed by atoms with Crippen LogP contribution in [-0.2, 0) is 17.8 Å². The van der Waals surface area contributed by atoms with Crippen molar-refractivity contribution < 1.29 is 27.4 Å². The zero-order chi connectivity index (χ0) is 16.9. The molecule has 0 atom stereocenters. The van der Waals surface area contributed by atoms with E-state index in [1.807, 2.05) is 13.0 Å². The lowest BCUT2D eigenvalue weighted by Crippen LogP contribution is -2.19. The highest BCUT2D eigenvalue weighted by Gasteiger charge is 2.33. The summed E-state index contributed by atoms with van der Waals surface area (Å²) in [6.07, 6.45) is -4.30. The minimum absolute atomic E-state index is 0.0263. The van der Waals surface area contributed by atoms with Gasteiger partial charge in [0.05, 0.1) is 0 Å². The van der Waals surface area contributed by atoms with E-state index >= 15 is 0 Å². The first-order valence-corrected chi connectivity index (χ1v) is 6.99. The fourth-order valence-electron chi connectivity index (χ4n) is 1.97. The molecule has 0 saturated heterocycles. The molecular formula is C17H15F3O3. The molecule has 0 amide bonds. The van der Waals surface area contributed by atoms with Crippen molar-refractivity contribution in [2.45, 2.75) is 26.3 Å². The van der Waals surface area contributed by atoms with Gasteiger partial charge in [-0.25, -0.2) is 4.79 Å². The minimum Gasteiger partial charge on any atom is -0.457 e. The third-order valence-corrected chi connectivity index (χ3v) is 3.11. The van der Waals surface area contributed by atoms with Gasteiger partial charge in [0.1, 0.15) is 17.9 Å². The topological polar surface area (TPSA) is 35.5 Å². The van der Waals surface area contributed by atoms with E-state index < -0.39 is 18.1 Å². The van der Waals surface area contributed by atoms with Gasteiger partial charge in [0, 0.05) is 0 Å². The average Bonchev–Trinajstić information content (AvgIpc) is 2.52. The van der Waals surface area contributed by atoms with E-state index in [9.17, 15) is 18.0 Å². The lowest BCUT2D eigenvalue weighted by atomic mass is 10.1. The first-order chi connectivity index (χ1) is 10.9. The molecule has 2 aromatic rings. The van der Waals surface area contributed by atoms with E-state index in [1.54, 1.807) is 24.3 Å².